The molecule has 0 radical (unpaired) electrons. The Balaban J connectivity index is 1.19. The van der Waals surface area contributed by atoms with Crippen LogP contribution in [0.2, 0.25) is 0 Å². The number of ether oxygens (including phenoxy) is 1. The molecule has 30 heavy (non-hydrogen) atoms. The second-order valence-corrected chi connectivity index (χ2v) is 6.83. The van der Waals surface area contributed by atoms with Crippen LogP contribution in [0.15, 0.2) is 77.3 Å². The summed E-state index contributed by atoms with van der Waals surface area (Å²) in [5, 5.41) is 5.11. The number of fused-ring (bicyclic) bond motifs is 1. The summed E-state index contributed by atoms with van der Waals surface area (Å²) < 4.78 is 24.4. The molecule has 1 heterocycles. The van der Waals surface area contributed by atoms with Gasteiger partial charge in [0.05, 0.1) is 12.7 Å². The number of amides is 1. The van der Waals surface area contributed by atoms with Crippen molar-refractivity contribution in [3.8, 4) is 17.1 Å². The highest BCUT2D eigenvalue weighted by Gasteiger charge is 2.09. The summed E-state index contributed by atoms with van der Waals surface area (Å²) in [4.78, 5) is 16.2. The Bertz CT molecular complexity index is 1140. The molecule has 5 nitrogen and oxygen atoms in total. The van der Waals surface area contributed by atoms with E-state index in [-0.39, 0.29) is 18.1 Å². The van der Waals surface area contributed by atoms with Gasteiger partial charge in [-0.1, -0.05) is 30.3 Å². The number of halogens is 1. The van der Waals surface area contributed by atoms with Crippen LogP contribution in [0.25, 0.3) is 22.1 Å². The Hall–Kier alpha value is -3.67. The normalized spacial score (nSPS) is 10.8. The molecule has 0 bridgehead atoms. The van der Waals surface area contributed by atoms with Crippen molar-refractivity contribution in [3.63, 3.8) is 0 Å². The largest absolute Gasteiger partial charge is 0.492 e. The van der Waals surface area contributed by atoms with Crippen LogP contribution in [0.1, 0.15) is 12.3 Å². The van der Waals surface area contributed by atoms with E-state index < -0.39 is 0 Å². The van der Waals surface area contributed by atoms with E-state index in [2.05, 4.69) is 16.4 Å². The highest BCUT2D eigenvalue weighted by molar-refractivity contribution is 5.83. The van der Waals surface area contributed by atoms with Gasteiger partial charge in [0.2, 0.25) is 5.91 Å². The first-order valence-electron chi connectivity index (χ1n) is 9.76. The van der Waals surface area contributed by atoms with Gasteiger partial charge >= 0.3 is 0 Å². The van der Waals surface area contributed by atoms with Crippen LogP contribution in [0.3, 0.4) is 0 Å². The van der Waals surface area contributed by atoms with Crippen molar-refractivity contribution in [2.24, 2.45) is 0 Å². The van der Waals surface area contributed by atoms with Crippen molar-refractivity contribution in [3.05, 3.63) is 84.6 Å². The lowest BCUT2D eigenvalue weighted by molar-refractivity contribution is -0.121. The predicted molar refractivity (Wildman–Crippen MR) is 113 cm³/mol. The van der Waals surface area contributed by atoms with Crippen molar-refractivity contribution in [1.29, 1.82) is 0 Å². The Morgan fingerprint density at radius 3 is 2.67 bits per heavy atom. The molecule has 1 amide bonds. The van der Waals surface area contributed by atoms with E-state index in [0.29, 0.717) is 31.2 Å². The standard InChI is InChI=1S/C24H21FN2O3/c25-20-8-5-18(6-9-20)22-16-27-24(30-22)12-11-23(28)26-13-14-29-21-10-7-17-3-1-2-4-19(17)15-21/h1-10,15-16H,11-14H2,(H,26,28). The SMILES string of the molecule is O=C(CCc1ncc(-c2ccc(F)cc2)o1)NCCOc1ccc2ccccc2c1. The summed E-state index contributed by atoms with van der Waals surface area (Å²) in [5.41, 5.74) is 0.741. The van der Waals surface area contributed by atoms with E-state index in [0.717, 1.165) is 22.1 Å². The van der Waals surface area contributed by atoms with Crippen molar-refractivity contribution in [2.75, 3.05) is 13.2 Å². The van der Waals surface area contributed by atoms with E-state index in [1.54, 1.807) is 18.3 Å². The smallest absolute Gasteiger partial charge is 0.220 e. The van der Waals surface area contributed by atoms with Gasteiger partial charge in [0.25, 0.3) is 0 Å². The van der Waals surface area contributed by atoms with Crippen molar-refractivity contribution in [1.82, 2.24) is 10.3 Å². The van der Waals surface area contributed by atoms with E-state index in [1.807, 2.05) is 36.4 Å². The molecule has 152 valence electrons. The lowest BCUT2D eigenvalue weighted by atomic mass is 10.1. The third-order valence-electron chi connectivity index (χ3n) is 4.66. The molecule has 4 aromatic rings. The Morgan fingerprint density at radius 1 is 1.03 bits per heavy atom. The molecule has 0 saturated carbocycles. The molecule has 0 aliphatic rings. The van der Waals surface area contributed by atoms with Crippen molar-refractivity contribution < 1.29 is 18.3 Å². The van der Waals surface area contributed by atoms with Gasteiger partial charge in [-0.05, 0) is 47.2 Å². The Labute approximate surface area is 173 Å². The minimum Gasteiger partial charge on any atom is -0.492 e. The van der Waals surface area contributed by atoms with Gasteiger partial charge in [-0.3, -0.25) is 4.79 Å². The maximum absolute atomic E-state index is 13.0. The fourth-order valence-electron chi connectivity index (χ4n) is 3.10. The molecule has 0 aliphatic carbocycles. The number of aryl methyl sites for hydroxylation is 1. The molecule has 1 aromatic heterocycles. The summed E-state index contributed by atoms with van der Waals surface area (Å²) in [5.74, 6) is 1.39. The number of oxazole rings is 1. The van der Waals surface area contributed by atoms with Crippen LogP contribution in [0.4, 0.5) is 4.39 Å². The number of carbonyl (C=O) groups is 1. The number of nitrogens with one attached hydrogen (secondary N) is 1. The topological polar surface area (TPSA) is 64.4 Å². The number of hydrogen-bond acceptors (Lipinski definition) is 4. The number of benzene rings is 3. The van der Waals surface area contributed by atoms with Gasteiger partial charge in [0.15, 0.2) is 11.7 Å². The second kappa shape index (κ2) is 9.22. The Morgan fingerprint density at radius 2 is 1.83 bits per heavy atom. The molecule has 0 saturated heterocycles. The van der Waals surface area contributed by atoms with Crippen LogP contribution < -0.4 is 10.1 Å². The summed E-state index contributed by atoms with van der Waals surface area (Å²) in [6.07, 6.45) is 2.23. The monoisotopic (exact) mass is 404 g/mol. The summed E-state index contributed by atoms with van der Waals surface area (Å²) in [6, 6.07) is 20.0. The van der Waals surface area contributed by atoms with E-state index in [1.165, 1.54) is 12.1 Å². The number of carbonyl (C=O) groups excluding carboxylic acids is 1. The molecule has 0 spiro atoms. The van der Waals surface area contributed by atoms with Gasteiger partial charge < -0.3 is 14.5 Å². The van der Waals surface area contributed by atoms with Crippen molar-refractivity contribution >= 4 is 16.7 Å². The summed E-state index contributed by atoms with van der Waals surface area (Å²) in [6.45, 7) is 0.801. The van der Waals surface area contributed by atoms with Gasteiger partial charge in [-0.2, -0.15) is 0 Å². The number of rotatable bonds is 8. The maximum Gasteiger partial charge on any atom is 0.220 e. The highest BCUT2D eigenvalue weighted by Crippen LogP contribution is 2.21. The van der Waals surface area contributed by atoms with E-state index in [4.69, 9.17) is 9.15 Å². The zero-order valence-electron chi connectivity index (χ0n) is 16.3. The third-order valence-corrected chi connectivity index (χ3v) is 4.66. The maximum atomic E-state index is 13.0. The molecule has 0 unspecified atom stereocenters. The number of hydrogen-bond donors (Lipinski definition) is 1. The summed E-state index contributed by atoms with van der Waals surface area (Å²) >= 11 is 0. The fourth-order valence-corrected chi connectivity index (χ4v) is 3.10. The predicted octanol–water partition coefficient (Wildman–Crippen LogP) is 4.76. The molecule has 1 N–H and O–H groups in total. The molecular formula is C24H21FN2O3. The minimum atomic E-state index is -0.306. The molecule has 6 heteroatoms. The zero-order chi connectivity index (χ0) is 20.8. The highest BCUT2D eigenvalue weighted by atomic mass is 19.1. The number of nitrogens with zero attached hydrogens (tertiary/aromatic N) is 1. The third kappa shape index (κ3) is 5.03. The first kappa shape index (κ1) is 19.6. The first-order valence-corrected chi connectivity index (χ1v) is 9.76. The number of aromatic nitrogens is 1. The average molecular weight is 404 g/mol. The molecule has 3 aromatic carbocycles. The quantitative estimate of drug-likeness (QED) is 0.430. The van der Waals surface area contributed by atoms with Crippen LogP contribution in [0, 0.1) is 5.82 Å². The molecule has 0 aliphatic heterocycles. The van der Waals surface area contributed by atoms with Crippen molar-refractivity contribution in [2.45, 2.75) is 12.8 Å². The van der Waals surface area contributed by atoms with Crippen LogP contribution in [-0.2, 0) is 11.2 Å². The first-order chi connectivity index (χ1) is 14.7. The van der Waals surface area contributed by atoms with Gasteiger partial charge in [-0.15, -0.1) is 0 Å². The lowest BCUT2D eigenvalue weighted by Crippen LogP contribution is -2.28. The fraction of sp³-hybridized carbons (Fsp3) is 0.167. The van der Waals surface area contributed by atoms with E-state index >= 15 is 0 Å². The van der Waals surface area contributed by atoms with Gasteiger partial charge in [0, 0.05) is 18.4 Å². The van der Waals surface area contributed by atoms with Crippen LogP contribution >= 0.6 is 0 Å². The van der Waals surface area contributed by atoms with Gasteiger partial charge in [-0.25, -0.2) is 9.37 Å². The summed E-state index contributed by atoms with van der Waals surface area (Å²) in [7, 11) is 0. The van der Waals surface area contributed by atoms with Crippen LogP contribution in [-0.4, -0.2) is 24.0 Å². The molecule has 4 rings (SSSR count). The van der Waals surface area contributed by atoms with Crippen LogP contribution in [0.5, 0.6) is 5.75 Å². The molecule has 0 atom stereocenters. The Kier molecular flexibility index (Phi) is 6.03. The molecular weight excluding hydrogens is 383 g/mol. The second-order valence-electron chi connectivity index (χ2n) is 6.83. The average Bonchev–Trinajstić information content (AvgIpc) is 3.25. The minimum absolute atomic E-state index is 0.0985. The van der Waals surface area contributed by atoms with Gasteiger partial charge in [0.1, 0.15) is 18.2 Å². The molecule has 0 fully saturated rings. The lowest BCUT2D eigenvalue weighted by Gasteiger charge is -2.08. The van der Waals surface area contributed by atoms with E-state index in [9.17, 15) is 9.18 Å². The zero-order valence-corrected chi connectivity index (χ0v) is 16.3.